The Morgan fingerprint density at radius 2 is 2.12 bits per heavy atom. The van der Waals surface area contributed by atoms with Gasteiger partial charge in [-0.05, 0) is 34.4 Å². The normalized spacial score (nSPS) is 14.3. The molecule has 1 atom stereocenters. The van der Waals surface area contributed by atoms with E-state index in [2.05, 4.69) is 49.3 Å². The molecule has 0 spiro atoms. The number of aromatic nitrogens is 2. The van der Waals surface area contributed by atoms with Crippen LogP contribution in [0.5, 0.6) is 0 Å². The van der Waals surface area contributed by atoms with Gasteiger partial charge in [-0.3, -0.25) is 0 Å². The van der Waals surface area contributed by atoms with Gasteiger partial charge in [0.05, 0.1) is 0 Å². The van der Waals surface area contributed by atoms with E-state index >= 15 is 0 Å². The van der Waals surface area contributed by atoms with Crippen molar-refractivity contribution in [3.05, 3.63) is 18.2 Å². The van der Waals surface area contributed by atoms with Gasteiger partial charge in [0.1, 0.15) is 5.82 Å². The summed E-state index contributed by atoms with van der Waals surface area (Å²) < 4.78 is 2.20. The molecule has 4 nitrogen and oxygen atoms in total. The van der Waals surface area contributed by atoms with Gasteiger partial charge in [-0.15, -0.1) is 0 Å². The van der Waals surface area contributed by atoms with Crippen molar-refractivity contribution in [1.82, 2.24) is 14.5 Å². The summed E-state index contributed by atoms with van der Waals surface area (Å²) in [5, 5.41) is 0. The van der Waals surface area contributed by atoms with Gasteiger partial charge in [-0.25, -0.2) is 4.98 Å². The number of hydrogen-bond donors (Lipinski definition) is 1. The summed E-state index contributed by atoms with van der Waals surface area (Å²) in [4.78, 5) is 6.58. The van der Waals surface area contributed by atoms with Gasteiger partial charge < -0.3 is 15.2 Å². The fourth-order valence-corrected chi connectivity index (χ4v) is 1.75. The number of nitrogens with zero attached hydrogens (tertiary/aromatic N) is 3. The maximum absolute atomic E-state index is 6.31. The van der Waals surface area contributed by atoms with E-state index in [4.69, 9.17) is 5.73 Å². The summed E-state index contributed by atoms with van der Waals surface area (Å²) in [5.74, 6) is 1.09. The van der Waals surface area contributed by atoms with Crippen LogP contribution in [0.4, 0.5) is 0 Å². The van der Waals surface area contributed by atoms with Crippen LogP contribution in [0.25, 0.3) is 0 Å². The predicted octanol–water partition coefficient (Wildman–Crippen LogP) is 1.50. The van der Waals surface area contributed by atoms with Crippen molar-refractivity contribution in [2.45, 2.75) is 51.7 Å². The van der Waals surface area contributed by atoms with Crippen LogP contribution in [0, 0.1) is 0 Å². The SMILES string of the molecule is CCCn1ccnc1CC(N)C(C)(C)N(C)C. The number of hydrogen-bond acceptors (Lipinski definition) is 3. The fraction of sp³-hybridized carbons (Fsp3) is 0.769. The lowest BCUT2D eigenvalue weighted by molar-refractivity contribution is 0.156. The van der Waals surface area contributed by atoms with Crippen LogP contribution in [0.15, 0.2) is 12.4 Å². The summed E-state index contributed by atoms with van der Waals surface area (Å²) in [6.07, 6.45) is 5.84. The maximum Gasteiger partial charge on any atom is 0.110 e. The van der Waals surface area contributed by atoms with E-state index in [1.54, 1.807) is 0 Å². The first-order valence-corrected chi connectivity index (χ1v) is 6.32. The van der Waals surface area contributed by atoms with Crippen LogP contribution in [-0.4, -0.2) is 40.1 Å². The average Bonchev–Trinajstić information content (AvgIpc) is 2.66. The molecule has 0 aliphatic heterocycles. The summed E-state index contributed by atoms with van der Waals surface area (Å²) >= 11 is 0. The molecule has 0 bridgehead atoms. The van der Waals surface area contributed by atoms with Crippen LogP contribution in [-0.2, 0) is 13.0 Å². The number of likely N-dealkylation sites (N-methyl/N-ethyl adjacent to an activating group) is 1. The lowest BCUT2D eigenvalue weighted by Gasteiger charge is -2.38. The Kier molecular flexibility index (Phi) is 4.71. The van der Waals surface area contributed by atoms with E-state index in [0.717, 1.165) is 25.2 Å². The largest absolute Gasteiger partial charge is 0.335 e. The predicted molar refractivity (Wildman–Crippen MR) is 72.0 cm³/mol. The van der Waals surface area contributed by atoms with Crippen LogP contribution >= 0.6 is 0 Å². The second-order valence-corrected chi connectivity index (χ2v) is 5.40. The highest BCUT2D eigenvalue weighted by atomic mass is 15.2. The molecule has 0 amide bonds. The molecule has 1 heterocycles. The lowest BCUT2D eigenvalue weighted by atomic mass is 9.91. The first-order chi connectivity index (χ1) is 7.89. The maximum atomic E-state index is 6.31. The number of aryl methyl sites for hydroxylation is 1. The van der Waals surface area contributed by atoms with Gasteiger partial charge in [-0.1, -0.05) is 6.92 Å². The Morgan fingerprint density at radius 3 is 2.65 bits per heavy atom. The molecule has 2 N–H and O–H groups in total. The standard InChI is InChI=1S/C13H26N4/c1-6-8-17-9-7-15-12(17)10-11(14)13(2,3)16(4)5/h7,9,11H,6,8,10,14H2,1-5H3. The smallest absolute Gasteiger partial charge is 0.110 e. The number of nitrogens with two attached hydrogens (primary N) is 1. The minimum atomic E-state index is -0.0248. The zero-order chi connectivity index (χ0) is 13.1. The molecule has 17 heavy (non-hydrogen) atoms. The van der Waals surface area contributed by atoms with Crippen molar-refractivity contribution < 1.29 is 0 Å². The van der Waals surface area contributed by atoms with Gasteiger partial charge in [0.25, 0.3) is 0 Å². The van der Waals surface area contributed by atoms with E-state index in [1.165, 1.54) is 0 Å². The zero-order valence-corrected chi connectivity index (χ0v) is 11.8. The molecular formula is C13H26N4. The van der Waals surface area contributed by atoms with Gasteiger partial charge in [-0.2, -0.15) is 0 Å². The summed E-state index contributed by atoms with van der Waals surface area (Å²) in [6.45, 7) is 7.54. The quantitative estimate of drug-likeness (QED) is 0.817. The van der Waals surface area contributed by atoms with Crippen LogP contribution in [0.2, 0.25) is 0 Å². The Morgan fingerprint density at radius 1 is 1.47 bits per heavy atom. The molecule has 1 aromatic heterocycles. The lowest BCUT2D eigenvalue weighted by Crippen LogP contribution is -2.54. The Balaban J connectivity index is 2.73. The van der Waals surface area contributed by atoms with Gasteiger partial charge >= 0.3 is 0 Å². The third-order valence-electron chi connectivity index (χ3n) is 3.73. The van der Waals surface area contributed by atoms with Crippen LogP contribution in [0.3, 0.4) is 0 Å². The second-order valence-electron chi connectivity index (χ2n) is 5.40. The van der Waals surface area contributed by atoms with E-state index in [0.29, 0.717) is 0 Å². The first-order valence-electron chi connectivity index (χ1n) is 6.32. The summed E-state index contributed by atoms with van der Waals surface area (Å²) in [7, 11) is 4.14. The molecule has 0 radical (unpaired) electrons. The molecule has 0 aliphatic rings. The van der Waals surface area contributed by atoms with Crippen molar-refractivity contribution in [3.8, 4) is 0 Å². The van der Waals surface area contributed by atoms with E-state index in [-0.39, 0.29) is 11.6 Å². The van der Waals surface area contributed by atoms with Crippen molar-refractivity contribution in [1.29, 1.82) is 0 Å². The van der Waals surface area contributed by atoms with Gasteiger partial charge in [0.2, 0.25) is 0 Å². The third-order valence-corrected chi connectivity index (χ3v) is 3.73. The molecular weight excluding hydrogens is 212 g/mol. The second kappa shape index (κ2) is 5.65. The van der Waals surface area contributed by atoms with E-state index in [1.807, 2.05) is 12.4 Å². The monoisotopic (exact) mass is 238 g/mol. The highest BCUT2D eigenvalue weighted by Gasteiger charge is 2.29. The minimum Gasteiger partial charge on any atom is -0.335 e. The molecule has 0 saturated carbocycles. The van der Waals surface area contributed by atoms with Crippen molar-refractivity contribution >= 4 is 0 Å². The number of imidazole rings is 1. The summed E-state index contributed by atoms with van der Waals surface area (Å²) in [5.41, 5.74) is 6.29. The molecule has 1 rings (SSSR count). The molecule has 0 fully saturated rings. The van der Waals surface area contributed by atoms with Crippen molar-refractivity contribution in [2.75, 3.05) is 14.1 Å². The zero-order valence-electron chi connectivity index (χ0n) is 11.8. The van der Waals surface area contributed by atoms with Crippen molar-refractivity contribution in [3.63, 3.8) is 0 Å². The van der Waals surface area contributed by atoms with Crippen LogP contribution in [0.1, 0.15) is 33.0 Å². The molecule has 98 valence electrons. The van der Waals surface area contributed by atoms with E-state index < -0.39 is 0 Å². The molecule has 1 aromatic rings. The Hall–Kier alpha value is -0.870. The van der Waals surface area contributed by atoms with Gasteiger partial charge in [0.15, 0.2) is 0 Å². The van der Waals surface area contributed by atoms with Crippen molar-refractivity contribution in [2.24, 2.45) is 5.73 Å². The molecule has 4 heteroatoms. The molecule has 0 saturated heterocycles. The first kappa shape index (κ1) is 14.2. The third kappa shape index (κ3) is 3.30. The minimum absolute atomic E-state index is 0.0248. The highest BCUT2D eigenvalue weighted by molar-refractivity contribution is 5.00. The molecule has 0 aliphatic carbocycles. The average molecular weight is 238 g/mol. The highest BCUT2D eigenvalue weighted by Crippen LogP contribution is 2.17. The van der Waals surface area contributed by atoms with E-state index in [9.17, 15) is 0 Å². The van der Waals surface area contributed by atoms with Gasteiger partial charge in [0, 0.05) is 36.9 Å². The molecule has 0 aromatic carbocycles. The van der Waals surface area contributed by atoms with Crippen LogP contribution < -0.4 is 5.73 Å². The topological polar surface area (TPSA) is 47.1 Å². The molecule has 1 unspecified atom stereocenters. The Labute approximate surface area is 105 Å². The number of rotatable bonds is 6. The fourth-order valence-electron chi connectivity index (χ4n) is 1.75. The summed E-state index contributed by atoms with van der Waals surface area (Å²) in [6, 6.07) is 0.0792. The Bertz CT molecular complexity index is 341.